The van der Waals surface area contributed by atoms with Gasteiger partial charge in [0.25, 0.3) is 0 Å². The smallest absolute Gasteiger partial charge is 0.0998 e. The van der Waals surface area contributed by atoms with Crippen LogP contribution < -0.4 is 5.32 Å². The molecule has 2 heteroatoms. The molecule has 0 atom stereocenters. The lowest BCUT2D eigenvalue weighted by atomic mass is 10.0. The van der Waals surface area contributed by atoms with E-state index in [-0.39, 0.29) is 0 Å². The summed E-state index contributed by atoms with van der Waals surface area (Å²) in [5.41, 5.74) is 4.01. The van der Waals surface area contributed by atoms with E-state index in [1.54, 1.807) is 0 Å². The van der Waals surface area contributed by atoms with Gasteiger partial charge in [0.2, 0.25) is 0 Å². The number of nitriles is 1. The van der Waals surface area contributed by atoms with Gasteiger partial charge >= 0.3 is 0 Å². The zero-order valence-electron chi connectivity index (χ0n) is 11.2. The van der Waals surface area contributed by atoms with E-state index >= 15 is 0 Å². The Bertz CT molecular complexity index is 813. The molecule has 0 bridgehead atoms. The topological polar surface area (TPSA) is 35.8 Å². The molecule has 3 aromatic rings. The number of fused-ring (bicyclic) bond motifs is 1. The van der Waals surface area contributed by atoms with E-state index in [1.807, 2.05) is 48.5 Å². The number of aryl methyl sites for hydroxylation is 1. The summed E-state index contributed by atoms with van der Waals surface area (Å²) in [4.78, 5) is 0. The van der Waals surface area contributed by atoms with Crippen LogP contribution in [0.15, 0.2) is 60.7 Å². The quantitative estimate of drug-likeness (QED) is 0.719. The van der Waals surface area contributed by atoms with Crippen LogP contribution in [-0.4, -0.2) is 0 Å². The van der Waals surface area contributed by atoms with E-state index in [4.69, 9.17) is 0 Å². The van der Waals surface area contributed by atoms with Crippen molar-refractivity contribution in [3.63, 3.8) is 0 Å². The van der Waals surface area contributed by atoms with Crippen molar-refractivity contribution >= 4 is 22.1 Å². The molecule has 0 radical (unpaired) electrons. The first-order valence-electron chi connectivity index (χ1n) is 6.54. The summed E-state index contributed by atoms with van der Waals surface area (Å²) >= 11 is 0. The number of anilines is 2. The lowest BCUT2D eigenvalue weighted by Crippen LogP contribution is -1.94. The minimum Gasteiger partial charge on any atom is -0.355 e. The predicted molar refractivity (Wildman–Crippen MR) is 83.1 cm³/mol. The highest BCUT2D eigenvalue weighted by molar-refractivity contribution is 5.98. The fourth-order valence-corrected chi connectivity index (χ4v) is 2.36. The molecular weight excluding hydrogens is 244 g/mol. The molecule has 1 N–H and O–H groups in total. The maximum Gasteiger partial charge on any atom is 0.0998 e. The number of nitrogens with zero attached hydrogens (tertiary/aromatic N) is 1. The van der Waals surface area contributed by atoms with Crippen LogP contribution in [-0.2, 0) is 0 Å². The Labute approximate surface area is 118 Å². The van der Waals surface area contributed by atoms with Crippen LogP contribution in [0.5, 0.6) is 0 Å². The molecule has 0 unspecified atom stereocenters. The van der Waals surface area contributed by atoms with Gasteiger partial charge in [-0.2, -0.15) is 5.26 Å². The Hall–Kier alpha value is -2.79. The number of hydrogen-bond donors (Lipinski definition) is 1. The van der Waals surface area contributed by atoms with Crippen LogP contribution >= 0.6 is 0 Å². The monoisotopic (exact) mass is 258 g/mol. The van der Waals surface area contributed by atoms with Crippen LogP contribution in [0.1, 0.15) is 11.1 Å². The molecule has 0 aliphatic rings. The van der Waals surface area contributed by atoms with Crippen molar-refractivity contribution in [2.24, 2.45) is 0 Å². The van der Waals surface area contributed by atoms with Gasteiger partial charge in [-0.3, -0.25) is 0 Å². The average Bonchev–Trinajstić information content (AvgIpc) is 2.50. The standard InChI is InChI=1S/C18H14N2/c1-13-6-2-5-9-17(13)20-18-11-10-14(12-19)15-7-3-4-8-16(15)18/h2-11,20H,1H3. The van der Waals surface area contributed by atoms with Crippen LogP contribution in [0.2, 0.25) is 0 Å². The Balaban J connectivity index is 2.14. The maximum absolute atomic E-state index is 9.19. The van der Waals surface area contributed by atoms with Gasteiger partial charge in [-0.25, -0.2) is 0 Å². The summed E-state index contributed by atoms with van der Waals surface area (Å²) in [6.45, 7) is 2.08. The second-order valence-corrected chi connectivity index (χ2v) is 4.76. The number of hydrogen-bond acceptors (Lipinski definition) is 2. The Morgan fingerprint density at radius 2 is 1.50 bits per heavy atom. The highest BCUT2D eigenvalue weighted by Crippen LogP contribution is 2.29. The first kappa shape index (κ1) is 12.3. The second kappa shape index (κ2) is 5.07. The molecule has 3 rings (SSSR count). The summed E-state index contributed by atoms with van der Waals surface area (Å²) in [5, 5.41) is 14.7. The van der Waals surface area contributed by atoms with Gasteiger partial charge < -0.3 is 5.32 Å². The van der Waals surface area contributed by atoms with Crippen molar-refractivity contribution in [3.8, 4) is 6.07 Å². The summed E-state index contributed by atoms with van der Waals surface area (Å²) in [6.07, 6.45) is 0. The van der Waals surface area contributed by atoms with Gasteiger partial charge in [-0.05, 0) is 30.7 Å². The first-order valence-corrected chi connectivity index (χ1v) is 6.54. The van der Waals surface area contributed by atoms with E-state index in [2.05, 4.69) is 30.4 Å². The highest BCUT2D eigenvalue weighted by atomic mass is 14.9. The van der Waals surface area contributed by atoms with Crippen molar-refractivity contribution in [1.82, 2.24) is 0 Å². The molecule has 0 aliphatic heterocycles. The summed E-state index contributed by atoms with van der Waals surface area (Å²) in [5.74, 6) is 0. The minimum absolute atomic E-state index is 0.705. The lowest BCUT2D eigenvalue weighted by Gasteiger charge is -2.12. The summed E-state index contributed by atoms with van der Waals surface area (Å²) in [7, 11) is 0. The molecule has 0 aliphatic carbocycles. The molecule has 3 aromatic carbocycles. The molecule has 0 saturated carbocycles. The van der Waals surface area contributed by atoms with E-state index in [0.717, 1.165) is 22.1 Å². The zero-order chi connectivity index (χ0) is 13.9. The molecule has 0 heterocycles. The van der Waals surface area contributed by atoms with E-state index in [0.29, 0.717) is 5.56 Å². The zero-order valence-corrected chi connectivity index (χ0v) is 11.2. The molecule has 0 fully saturated rings. The third kappa shape index (κ3) is 2.10. The summed E-state index contributed by atoms with van der Waals surface area (Å²) in [6, 6.07) is 22.2. The van der Waals surface area contributed by atoms with Crippen LogP contribution in [0.4, 0.5) is 11.4 Å². The second-order valence-electron chi connectivity index (χ2n) is 4.76. The normalized spacial score (nSPS) is 10.2. The van der Waals surface area contributed by atoms with Crippen LogP contribution in [0, 0.1) is 18.3 Å². The highest BCUT2D eigenvalue weighted by Gasteiger charge is 2.06. The molecule has 0 saturated heterocycles. The van der Waals surface area contributed by atoms with Gasteiger partial charge in [0, 0.05) is 22.1 Å². The molecule has 0 aromatic heterocycles. The van der Waals surface area contributed by atoms with E-state index in [1.165, 1.54) is 5.56 Å². The van der Waals surface area contributed by atoms with Gasteiger partial charge in [-0.15, -0.1) is 0 Å². The van der Waals surface area contributed by atoms with E-state index in [9.17, 15) is 5.26 Å². The van der Waals surface area contributed by atoms with Crippen molar-refractivity contribution in [1.29, 1.82) is 5.26 Å². The molecule has 0 amide bonds. The van der Waals surface area contributed by atoms with Gasteiger partial charge in [0.05, 0.1) is 11.6 Å². The van der Waals surface area contributed by atoms with Crippen molar-refractivity contribution in [2.75, 3.05) is 5.32 Å². The van der Waals surface area contributed by atoms with Crippen molar-refractivity contribution in [3.05, 3.63) is 71.8 Å². The third-order valence-corrected chi connectivity index (χ3v) is 3.46. The predicted octanol–water partition coefficient (Wildman–Crippen LogP) is 4.76. The summed E-state index contributed by atoms with van der Waals surface area (Å²) < 4.78 is 0. The fourth-order valence-electron chi connectivity index (χ4n) is 2.36. The van der Waals surface area contributed by atoms with E-state index < -0.39 is 0 Å². The van der Waals surface area contributed by atoms with Crippen molar-refractivity contribution in [2.45, 2.75) is 6.92 Å². The largest absolute Gasteiger partial charge is 0.355 e. The Morgan fingerprint density at radius 1 is 0.800 bits per heavy atom. The SMILES string of the molecule is Cc1ccccc1Nc1ccc(C#N)c2ccccc12. The Kier molecular flexibility index (Phi) is 3.10. The molecular formula is C18H14N2. The van der Waals surface area contributed by atoms with Crippen LogP contribution in [0.25, 0.3) is 10.8 Å². The molecule has 2 nitrogen and oxygen atoms in total. The molecule has 96 valence electrons. The third-order valence-electron chi connectivity index (χ3n) is 3.46. The van der Waals surface area contributed by atoms with Crippen molar-refractivity contribution < 1.29 is 0 Å². The molecule has 0 spiro atoms. The minimum atomic E-state index is 0.705. The first-order chi connectivity index (χ1) is 9.79. The van der Waals surface area contributed by atoms with Gasteiger partial charge in [0.1, 0.15) is 0 Å². The van der Waals surface area contributed by atoms with Gasteiger partial charge in [-0.1, -0.05) is 42.5 Å². The van der Waals surface area contributed by atoms with Crippen LogP contribution in [0.3, 0.4) is 0 Å². The molecule has 20 heavy (non-hydrogen) atoms. The lowest BCUT2D eigenvalue weighted by molar-refractivity contribution is 1.44. The maximum atomic E-state index is 9.19. The fraction of sp³-hybridized carbons (Fsp3) is 0.0556. The average molecular weight is 258 g/mol. The number of para-hydroxylation sites is 1. The number of benzene rings is 3. The Morgan fingerprint density at radius 3 is 2.25 bits per heavy atom. The van der Waals surface area contributed by atoms with Gasteiger partial charge in [0.15, 0.2) is 0 Å². The number of rotatable bonds is 2. The number of nitrogens with one attached hydrogen (secondary N) is 1.